The summed E-state index contributed by atoms with van der Waals surface area (Å²) in [5.41, 5.74) is 5.40. The number of fused-ring (bicyclic) bond motifs is 1. The summed E-state index contributed by atoms with van der Waals surface area (Å²) in [7, 11) is 0. The minimum Gasteiger partial charge on any atom is -0.377 e. The van der Waals surface area contributed by atoms with Crippen molar-refractivity contribution in [1.82, 2.24) is 5.32 Å². The van der Waals surface area contributed by atoms with Crippen molar-refractivity contribution in [2.24, 2.45) is 17.1 Å². The molecule has 3 N–H and O–H groups in total. The second kappa shape index (κ2) is 6.40. The zero-order chi connectivity index (χ0) is 15.3. The lowest BCUT2D eigenvalue weighted by Crippen LogP contribution is -2.82. The minimum atomic E-state index is -0.832. The molecule has 7 heteroatoms. The number of hydrogen-bond acceptors (Lipinski definition) is 4. The van der Waals surface area contributed by atoms with E-state index in [1.54, 1.807) is 11.3 Å². The van der Waals surface area contributed by atoms with Crippen LogP contribution < -0.4 is 11.1 Å². The molecule has 1 aromatic heterocycles. The van der Waals surface area contributed by atoms with Crippen LogP contribution in [0.3, 0.4) is 0 Å². The highest BCUT2D eigenvalue weighted by atomic mass is 79.9. The van der Waals surface area contributed by atoms with Gasteiger partial charge in [0, 0.05) is 27.3 Å². The lowest BCUT2D eigenvalue weighted by Gasteiger charge is -2.65. The molecule has 2 fully saturated rings. The van der Waals surface area contributed by atoms with E-state index in [9.17, 15) is 4.79 Å². The van der Waals surface area contributed by atoms with E-state index in [4.69, 9.17) is 10.5 Å². The number of carbonyl (C=O) groups excluding carboxylic acids is 1. The molecule has 1 aliphatic heterocycles. The summed E-state index contributed by atoms with van der Waals surface area (Å²) >= 11 is 5.11. The fourth-order valence-electron chi connectivity index (χ4n) is 3.79. The SMILES string of the molecule is CC1(C)C2OCCCC2C1(N)C(=O)NCc1sccc1Br.Cl. The number of thiophene rings is 1. The molecule has 0 radical (unpaired) electrons. The van der Waals surface area contributed by atoms with Crippen molar-refractivity contribution in [1.29, 1.82) is 0 Å². The van der Waals surface area contributed by atoms with E-state index in [-0.39, 0.29) is 35.8 Å². The summed E-state index contributed by atoms with van der Waals surface area (Å²) in [6.45, 7) is 5.38. The van der Waals surface area contributed by atoms with Gasteiger partial charge in [0.15, 0.2) is 0 Å². The summed E-state index contributed by atoms with van der Waals surface area (Å²) in [4.78, 5) is 13.8. The van der Waals surface area contributed by atoms with Gasteiger partial charge in [0.05, 0.1) is 12.6 Å². The molecule has 124 valence electrons. The number of ether oxygens (including phenoxy) is 1. The fraction of sp³-hybridized carbons (Fsp3) is 0.667. The van der Waals surface area contributed by atoms with E-state index in [2.05, 4.69) is 21.2 Å². The van der Waals surface area contributed by atoms with Crippen molar-refractivity contribution in [3.8, 4) is 0 Å². The van der Waals surface area contributed by atoms with Gasteiger partial charge < -0.3 is 15.8 Å². The molecule has 1 aliphatic carbocycles. The summed E-state index contributed by atoms with van der Waals surface area (Å²) in [5, 5.41) is 5.02. The predicted octanol–water partition coefficient (Wildman–Crippen LogP) is 3.08. The van der Waals surface area contributed by atoms with Crippen molar-refractivity contribution in [3.05, 3.63) is 20.8 Å². The molecule has 1 saturated carbocycles. The fourth-order valence-corrected chi connectivity index (χ4v) is 5.23. The number of hydrogen-bond donors (Lipinski definition) is 2. The third kappa shape index (κ3) is 2.53. The maximum absolute atomic E-state index is 12.7. The quantitative estimate of drug-likeness (QED) is 0.806. The highest BCUT2D eigenvalue weighted by Gasteiger charge is 2.70. The standard InChI is InChI=1S/C15H21BrN2O2S.ClH/c1-14(2)12-9(4-3-6-20-12)15(14,17)13(19)18-8-11-10(16)5-7-21-11;/h5,7,9,12H,3-4,6,8,17H2,1-2H3,(H,18,19);1H. The molecule has 4 nitrogen and oxygen atoms in total. The first kappa shape index (κ1) is 18.2. The molecule has 2 aliphatic rings. The van der Waals surface area contributed by atoms with E-state index in [1.165, 1.54) is 0 Å². The molecular formula is C15H22BrClN2O2S. The van der Waals surface area contributed by atoms with Crippen LogP contribution in [0.5, 0.6) is 0 Å². The highest BCUT2D eigenvalue weighted by Crippen LogP contribution is 2.57. The Morgan fingerprint density at radius 3 is 2.95 bits per heavy atom. The van der Waals surface area contributed by atoms with E-state index < -0.39 is 5.54 Å². The van der Waals surface area contributed by atoms with Crippen molar-refractivity contribution < 1.29 is 9.53 Å². The normalized spacial score (nSPS) is 32.4. The molecule has 1 aromatic rings. The Morgan fingerprint density at radius 1 is 1.59 bits per heavy atom. The third-order valence-electron chi connectivity index (χ3n) is 5.16. The van der Waals surface area contributed by atoms with Crippen molar-refractivity contribution in [2.45, 2.75) is 44.9 Å². The number of carbonyl (C=O) groups is 1. The van der Waals surface area contributed by atoms with Gasteiger partial charge in [-0.05, 0) is 40.2 Å². The van der Waals surface area contributed by atoms with Gasteiger partial charge in [0.1, 0.15) is 5.54 Å². The van der Waals surface area contributed by atoms with Crippen LogP contribution in [0.2, 0.25) is 0 Å². The summed E-state index contributed by atoms with van der Waals surface area (Å²) in [6.07, 6.45) is 2.07. The van der Waals surface area contributed by atoms with Gasteiger partial charge in [-0.15, -0.1) is 23.7 Å². The van der Waals surface area contributed by atoms with Crippen LogP contribution in [0, 0.1) is 11.3 Å². The van der Waals surface area contributed by atoms with Gasteiger partial charge in [-0.1, -0.05) is 13.8 Å². The van der Waals surface area contributed by atoms with Crippen LogP contribution in [0.1, 0.15) is 31.6 Å². The van der Waals surface area contributed by atoms with Crippen LogP contribution in [-0.2, 0) is 16.1 Å². The molecular weight excluding hydrogens is 388 g/mol. The van der Waals surface area contributed by atoms with Crippen molar-refractivity contribution >= 4 is 45.6 Å². The Kier molecular flexibility index (Phi) is 5.29. The zero-order valence-corrected chi connectivity index (χ0v) is 15.9. The first-order valence-corrected chi connectivity index (χ1v) is 8.97. The maximum atomic E-state index is 12.7. The second-order valence-corrected chi connectivity index (χ2v) is 8.36. The molecule has 0 spiro atoms. The number of halogens is 2. The van der Waals surface area contributed by atoms with Crippen LogP contribution in [-0.4, -0.2) is 24.2 Å². The molecule has 3 rings (SSSR count). The van der Waals surface area contributed by atoms with Gasteiger partial charge >= 0.3 is 0 Å². The van der Waals surface area contributed by atoms with Gasteiger partial charge in [-0.3, -0.25) is 4.79 Å². The van der Waals surface area contributed by atoms with Crippen LogP contribution in [0.25, 0.3) is 0 Å². The Morgan fingerprint density at radius 2 is 2.32 bits per heavy atom. The number of rotatable bonds is 3. The van der Waals surface area contributed by atoms with Crippen LogP contribution in [0.15, 0.2) is 15.9 Å². The predicted molar refractivity (Wildman–Crippen MR) is 94.3 cm³/mol. The molecule has 0 bridgehead atoms. The van der Waals surface area contributed by atoms with E-state index in [0.717, 1.165) is 28.8 Å². The van der Waals surface area contributed by atoms with Crippen molar-refractivity contribution in [3.63, 3.8) is 0 Å². The summed E-state index contributed by atoms with van der Waals surface area (Å²) in [6, 6.07) is 1.99. The first-order chi connectivity index (χ1) is 9.89. The third-order valence-corrected chi connectivity index (χ3v) is 7.09. The number of nitrogens with two attached hydrogens (primary N) is 1. The summed E-state index contributed by atoms with van der Waals surface area (Å²) in [5.74, 6) is 0.0765. The van der Waals surface area contributed by atoms with Gasteiger partial charge in [0.25, 0.3) is 0 Å². The van der Waals surface area contributed by atoms with Gasteiger partial charge in [-0.25, -0.2) is 0 Å². The molecule has 3 unspecified atom stereocenters. The number of amides is 1. The largest absolute Gasteiger partial charge is 0.377 e. The first-order valence-electron chi connectivity index (χ1n) is 7.29. The lowest BCUT2D eigenvalue weighted by molar-refractivity contribution is -0.225. The average Bonchev–Trinajstić information content (AvgIpc) is 2.89. The molecule has 1 amide bonds. The van der Waals surface area contributed by atoms with E-state index in [1.807, 2.05) is 25.3 Å². The maximum Gasteiger partial charge on any atom is 0.241 e. The van der Waals surface area contributed by atoms with Crippen LogP contribution in [0.4, 0.5) is 0 Å². The smallest absolute Gasteiger partial charge is 0.241 e. The van der Waals surface area contributed by atoms with Gasteiger partial charge in [-0.2, -0.15) is 0 Å². The van der Waals surface area contributed by atoms with E-state index in [0.29, 0.717) is 6.54 Å². The molecule has 3 atom stereocenters. The molecule has 1 saturated heterocycles. The van der Waals surface area contributed by atoms with Crippen LogP contribution >= 0.6 is 39.7 Å². The Labute approximate surface area is 149 Å². The molecule has 22 heavy (non-hydrogen) atoms. The topological polar surface area (TPSA) is 64.3 Å². The van der Waals surface area contributed by atoms with Gasteiger partial charge in [0.2, 0.25) is 5.91 Å². The Hall–Kier alpha value is -0.140. The molecule has 2 heterocycles. The lowest BCUT2D eigenvalue weighted by atomic mass is 9.46. The Balaban J connectivity index is 0.00000176. The van der Waals surface area contributed by atoms with E-state index >= 15 is 0 Å². The number of nitrogens with one attached hydrogen (secondary N) is 1. The second-order valence-electron chi connectivity index (χ2n) is 6.51. The highest BCUT2D eigenvalue weighted by molar-refractivity contribution is 9.10. The average molecular weight is 410 g/mol. The monoisotopic (exact) mass is 408 g/mol. The van der Waals surface area contributed by atoms with Crippen molar-refractivity contribution in [2.75, 3.05) is 6.61 Å². The Bertz CT molecular complexity index is 565. The summed E-state index contributed by atoms with van der Waals surface area (Å²) < 4.78 is 6.87. The molecule has 0 aromatic carbocycles. The zero-order valence-electron chi connectivity index (χ0n) is 12.7. The minimum absolute atomic E-state index is 0.